The Bertz CT molecular complexity index is 391. The lowest BCUT2D eigenvalue weighted by Gasteiger charge is -2.25. The molecule has 1 atom stereocenters. The summed E-state index contributed by atoms with van der Waals surface area (Å²) in [6.45, 7) is 0. The summed E-state index contributed by atoms with van der Waals surface area (Å²) in [6, 6.07) is 3.66. The molecule has 0 radical (unpaired) electrons. The van der Waals surface area contributed by atoms with Crippen molar-refractivity contribution >= 4 is 23.5 Å². The highest BCUT2D eigenvalue weighted by Crippen LogP contribution is 2.26. The van der Waals surface area contributed by atoms with E-state index in [4.69, 9.17) is 5.11 Å². The summed E-state index contributed by atoms with van der Waals surface area (Å²) >= 11 is 1.90. The lowest BCUT2D eigenvalue weighted by atomic mass is 10.2. The van der Waals surface area contributed by atoms with Crippen LogP contribution in [0.4, 0.5) is 5.82 Å². The molecule has 0 amide bonds. The van der Waals surface area contributed by atoms with Gasteiger partial charge in [0.05, 0.1) is 0 Å². The van der Waals surface area contributed by atoms with Gasteiger partial charge in [0.2, 0.25) is 0 Å². The number of rotatable bonds is 3. The van der Waals surface area contributed by atoms with E-state index in [-0.39, 0.29) is 5.56 Å². The smallest absolute Gasteiger partial charge is 0.339 e. The molecule has 2 heterocycles. The number of pyridine rings is 1. The van der Waals surface area contributed by atoms with Gasteiger partial charge in [-0.15, -0.1) is 0 Å². The Kier molecular flexibility index (Phi) is 3.33. The largest absolute Gasteiger partial charge is 0.478 e. The minimum absolute atomic E-state index is 0.280. The van der Waals surface area contributed by atoms with Gasteiger partial charge < -0.3 is 10.0 Å². The second-order valence-corrected chi connectivity index (χ2v) is 4.96. The third kappa shape index (κ3) is 2.14. The number of carboxylic acid groups (broad SMARTS) is 1. The van der Waals surface area contributed by atoms with Gasteiger partial charge in [-0.3, -0.25) is 0 Å². The van der Waals surface area contributed by atoms with E-state index in [9.17, 15) is 4.79 Å². The van der Waals surface area contributed by atoms with Crippen LogP contribution in [-0.2, 0) is 0 Å². The molecule has 1 aliphatic rings. The molecule has 1 N–H and O–H groups in total. The molecule has 16 heavy (non-hydrogen) atoms. The molecule has 1 saturated heterocycles. The van der Waals surface area contributed by atoms with E-state index in [1.165, 1.54) is 0 Å². The van der Waals surface area contributed by atoms with Gasteiger partial charge in [-0.05, 0) is 24.3 Å². The van der Waals surface area contributed by atoms with Crippen LogP contribution in [-0.4, -0.2) is 40.7 Å². The maximum atomic E-state index is 11.1. The zero-order valence-electron chi connectivity index (χ0n) is 9.09. The van der Waals surface area contributed by atoms with Crippen LogP contribution in [0.15, 0.2) is 18.3 Å². The van der Waals surface area contributed by atoms with Gasteiger partial charge in [-0.1, -0.05) is 0 Å². The number of hydrogen-bond donors (Lipinski definition) is 1. The van der Waals surface area contributed by atoms with Gasteiger partial charge in [0.15, 0.2) is 0 Å². The first kappa shape index (κ1) is 11.3. The molecular weight excluding hydrogens is 224 g/mol. The quantitative estimate of drug-likeness (QED) is 0.869. The standard InChI is InChI=1S/C11H14N2O2S/c1-13(8-4-6-16-7-8)10-9(11(14)15)3-2-5-12-10/h2-3,5,8H,4,6-7H2,1H3,(H,14,15)/t8-/m1/s1. The van der Waals surface area contributed by atoms with Crippen LogP contribution < -0.4 is 4.90 Å². The van der Waals surface area contributed by atoms with Gasteiger partial charge >= 0.3 is 5.97 Å². The number of carboxylic acids is 1. The predicted octanol–water partition coefficient (Wildman–Crippen LogP) is 1.72. The van der Waals surface area contributed by atoms with Gasteiger partial charge in [-0.2, -0.15) is 11.8 Å². The molecule has 0 bridgehead atoms. The van der Waals surface area contributed by atoms with Crippen LogP contribution in [0.3, 0.4) is 0 Å². The van der Waals surface area contributed by atoms with E-state index < -0.39 is 5.97 Å². The van der Waals surface area contributed by atoms with E-state index in [1.54, 1.807) is 18.3 Å². The summed E-state index contributed by atoms with van der Waals surface area (Å²) in [5.74, 6) is 1.85. The molecule has 0 aliphatic carbocycles. The molecule has 5 heteroatoms. The van der Waals surface area contributed by atoms with Gasteiger partial charge in [0, 0.05) is 25.0 Å². The van der Waals surface area contributed by atoms with Crippen molar-refractivity contribution in [3.05, 3.63) is 23.9 Å². The van der Waals surface area contributed by atoms with Gasteiger partial charge in [-0.25, -0.2) is 9.78 Å². The lowest BCUT2D eigenvalue weighted by molar-refractivity contribution is 0.0697. The first-order valence-electron chi connectivity index (χ1n) is 5.19. The molecule has 0 saturated carbocycles. The zero-order chi connectivity index (χ0) is 11.5. The Balaban J connectivity index is 2.27. The van der Waals surface area contributed by atoms with Crippen molar-refractivity contribution in [2.75, 3.05) is 23.5 Å². The highest BCUT2D eigenvalue weighted by molar-refractivity contribution is 7.99. The lowest BCUT2D eigenvalue weighted by Crippen LogP contribution is -2.33. The summed E-state index contributed by atoms with van der Waals surface area (Å²) in [5, 5.41) is 9.09. The third-order valence-electron chi connectivity index (χ3n) is 2.80. The fourth-order valence-electron chi connectivity index (χ4n) is 1.85. The second kappa shape index (κ2) is 4.74. The van der Waals surface area contributed by atoms with E-state index in [0.717, 1.165) is 17.9 Å². The van der Waals surface area contributed by atoms with Crippen molar-refractivity contribution in [1.82, 2.24) is 4.98 Å². The summed E-state index contributed by atoms with van der Waals surface area (Å²) in [6.07, 6.45) is 2.73. The molecular formula is C11H14N2O2S. The number of carbonyl (C=O) groups is 1. The normalized spacial score (nSPS) is 19.7. The number of hydrogen-bond acceptors (Lipinski definition) is 4. The maximum Gasteiger partial charge on any atom is 0.339 e. The summed E-state index contributed by atoms with van der Waals surface area (Å²) in [4.78, 5) is 17.2. The molecule has 1 aromatic rings. The minimum atomic E-state index is -0.916. The first-order valence-corrected chi connectivity index (χ1v) is 6.34. The Morgan fingerprint density at radius 2 is 2.50 bits per heavy atom. The Morgan fingerprint density at radius 1 is 1.69 bits per heavy atom. The van der Waals surface area contributed by atoms with Crippen molar-refractivity contribution in [1.29, 1.82) is 0 Å². The number of nitrogens with zero attached hydrogens (tertiary/aromatic N) is 2. The fourth-order valence-corrected chi connectivity index (χ4v) is 3.11. The Hall–Kier alpha value is -1.23. The van der Waals surface area contributed by atoms with Crippen LogP contribution in [0.1, 0.15) is 16.8 Å². The van der Waals surface area contributed by atoms with Crippen molar-refractivity contribution in [3.63, 3.8) is 0 Å². The Labute approximate surface area is 98.7 Å². The van der Waals surface area contributed by atoms with Crippen LogP contribution in [0.5, 0.6) is 0 Å². The van der Waals surface area contributed by atoms with E-state index in [2.05, 4.69) is 4.98 Å². The van der Waals surface area contributed by atoms with Crippen molar-refractivity contribution in [3.8, 4) is 0 Å². The van der Waals surface area contributed by atoms with Crippen LogP contribution >= 0.6 is 11.8 Å². The second-order valence-electron chi connectivity index (χ2n) is 3.81. The summed E-state index contributed by atoms with van der Waals surface area (Å²) in [7, 11) is 1.92. The van der Waals surface area contributed by atoms with Gasteiger partial charge in [0.25, 0.3) is 0 Å². The molecule has 86 valence electrons. The molecule has 1 aromatic heterocycles. The molecule has 0 unspecified atom stereocenters. The SMILES string of the molecule is CN(c1ncccc1C(=O)O)[C@@H]1CCSC1. The molecule has 0 spiro atoms. The molecule has 1 fully saturated rings. The number of aromatic nitrogens is 1. The average molecular weight is 238 g/mol. The predicted molar refractivity (Wildman–Crippen MR) is 65.3 cm³/mol. The van der Waals surface area contributed by atoms with Crippen molar-refractivity contribution < 1.29 is 9.90 Å². The first-order chi connectivity index (χ1) is 7.70. The van der Waals surface area contributed by atoms with E-state index in [1.807, 2.05) is 23.7 Å². The van der Waals surface area contributed by atoms with Crippen LogP contribution in [0.25, 0.3) is 0 Å². The zero-order valence-corrected chi connectivity index (χ0v) is 9.91. The number of thioether (sulfide) groups is 1. The van der Waals surface area contributed by atoms with E-state index >= 15 is 0 Å². The highest BCUT2D eigenvalue weighted by atomic mass is 32.2. The highest BCUT2D eigenvalue weighted by Gasteiger charge is 2.24. The average Bonchev–Trinajstić information content (AvgIpc) is 2.81. The third-order valence-corrected chi connectivity index (χ3v) is 3.95. The molecule has 2 rings (SSSR count). The van der Waals surface area contributed by atoms with Crippen LogP contribution in [0.2, 0.25) is 0 Å². The molecule has 0 aromatic carbocycles. The molecule has 1 aliphatic heterocycles. The fraction of sp³-hybridized carbons (Fsp3) is 0.455. The van der Waals surface area contributed by atoms with Crippen LogP contribution in [0, 0.1) is 0 Å². The van der Waals surface area contributed by atoms with Gasteiger partial charge in [0.1, 0.15) is 11.4 Å². The van der Waals surface area contributed by atoms with E-state index in [0.29, 0.717) is 11.9 Å². The Morgan fingerprint density at radius 3 is 3.12 bits per heavy atom. The minimum Gasteiger partial charge on any atom is -0.478 e. The summed E-state index contributed by atoms with van der Waals surface area (Å²) in [5.41, 5.74) is 0.280. The van der Waals surface area contributed by atoms with Crippen molar-refractivity contribution in [2.45, 2.75) is 12.5 Å². The number of anilines is 1. The maximum absolute atomic E-state index is 11.1. The summed E-state index contributed by atoms with van der Waals surface area (Å²) < 4.78 is 0. The number of aromatic carboxylic acids is 1. The topological polar surface area (TPSA) is 53.4 Å². The molecule has 4 nitrogen and oxygen atoms in total. The monoisotopic (exact) mass is 238 g/mol. The van der Waals surface area contributed by atoms with Crippen molar-refractivity contribution in [2.24, 2.45) is 0 Å².